The molecular weight excluding hydrogens is 344 g/mol. The topological polar surface area (TPSA) is 87.5 Å². The fourth-order valence-electron chi connectivity index (χ4n) is 2.27. The fourth-order valence-corrected chi connectivity index (χ4v) is 3.04. The fraction of sp³-hybridized carbons (Fsp3) is 0.438. The molecule has 9 heteroatoms. The molecule has 0 radical (unpaired) electrons. The standard InChI is InChI=1S/C16H20N4O4S/c1-22-7-6-20-11-18-19-16(20)25-10-15(21)17-8-12-9-23-13-4-2-3-5-14(13)24-12/h2-5,11-12H,6-10H2,1H3,(H,17,21). The Morgan fingerprint density at radius 3 is 3.12 bits per heavy atom. The van der Waals surface area contributed by atoms with Gasteiger partial charge in [0.1, 0.15) is 19.0 Å². The van der Waals surface area contributed by atoms with Crippen LogP contribution in [-0.2, 0) is 16.1 Å². The number of carbonyl (C=O) groups excluding carboxylic acids is 1. The van der Waals surface area contributed by atoms with E-state index in [-0.39, 0.29) is 17.8 Å². The Bertz CT molecular complexity index is 709. The third-order valence-electron chi connectivity index (χ3n) is 3.54. The summed E-state index contributed by atoms with van der Waals surface area (Å²) in [6, 6.07) is 7.50. The van der Waals surface area contributed by atoms with E-state index < -0.39 is 0 Å². The lowest BCUT2D eigenvalue weighted by Gasteiger charge is -2.26. The number of rotatable bonds is 8. The van der Waals surface area contributed by atoms with Gasteiger partial charge in [0.2, 0.25) is 5.91 Å². The van der Waals surface area contributed by atoms with E-state index in [4.69, 9.17) is 14.2 Å². The van der Waals surface area contributed by atoms with Crippen LogP contribution in [-0.4, -0.2) is 59.4 Å². The molecule has 0 saturated heterocycles. The summed E-state index contributed by atoms with van der Waals surface area (Å²) in [4.78, 5) is 12.0. The quantitative estimate of drug-likeness (QED) is 0.699. The molecular formula is C16H20N4O4S. The van der Waals surface area contributed by atoms with Gasteiger partial charge in [-0.3, -0.25) is 4.79 Å². The number of ether oxygens (including phenoxy) is 3. The van der Waals surface area contributed by atoms with E-state index in [1.54, 1.807) is 13.4 Å². The van der Waals surface area contributed by atoms with Gasteiger partial charge in [-0.25, -0.2) is 0 Å². The highest BCUT2D eigenvalue weighted by molar-refractivity contribution is 7.99. The van der Waals surface area contributed by atoms with Gasteiger partial charge in [-0.1, -0.05) is 23.9 Å². The summed E-state index contributed by atoms with van der Waals surface area (Å²) < 4.78 is 18.3. The number of nitrogens with one attached hydrogen (secondary N) is 1. The highest BCUT2D eigenvalue weighted by atomic mass is 32.2. The highest BCUT2D eigenvalue weighted by Gasteiger charge is 2.21. The molecule has 1 aromatic carbocycles. The SMILES string of the molecule is COCCn1cnnc1SCC(=O)NCC1COc2ccccc2O1. The monoisotopic (exact) mass is 364 g/mol. The number of aromatic nitrogens is 3. The Kier molecular flexibility index (Phi) is 6.13. The van der Waals surface area contributed by atoms with E-state index in [2.05, 4.69) is 15.5 Å². The van der Waals surface area contributed by atoms with Crippen molar-refractivity contribution in [2.75, 3.05) is 32.6 Å². The molecule has 2 heterocycles. The molecule has 0 bridgehead atoms. The van der Waals surface area contributed by atoms with Gasteiger partial charge in [0, 0.05) is 13.7 Å². The van der Waals surface area contributed by atoms with Gasteiger partial charge in [0.15, 0.2) is 16.7 Å². The summed E-state index contributed by atoms with van der Waals surface area (Å²) in [7, 11) is 1.64. The zero-order valence-corrected chi connectivity index (χ0v) is 14.7. The Morgan fingerprint density at radius 1 is 1.44 bits per heavy atom. The van der Waals surface area contributed by atoms with Crippen molar-refractivity contribution < 1.29 is 19.0 Å². The maximum atomic E-state index is 12.0. The first-order chi connectivity index (χ1) is 12.3. The average molecular weight is 364 g/mol. The second-order valence-corrected chi connectivity index (χ2v) is 6.33. The maximum Gasteiger partial charge on any atom is 0.230 e. The normalized spacial score (nSPS) is 15.8. The van der Waals surface area contributed by atoms with E-state index in [0.29, 0.717) is 37.2 Å². The van der Waals surface area contributed by atoms with E-state index in [1.807, 2.05) is 28.8 Å². The smallest absolute Gasteiger partial charge is 0.230 e. The van der Waals surface area contributed by atoms with E-state index in [9.17, 15) is 4.79 Å². The van der Waals surface area contributed by atoms with Crippen LogP contribution >= 0.6 is 11.8 Å². The predicted molar refractivity (Wildman–Crippen MR) is 92.0 cm³/mol. The molecule has 1 N–H and O–H groups in total. The van der Waals surface area contributed by atoms with E-state index in [1.165, 1.54) is 11.8 Å². The minimum absolute atomic E-state index is 0.0891. The van der Waals surface area contributed by atoms with E-state index in [0.717, 1.165) is 5.75 Å². The first kappa shape index (κ1) is 17.6. The number of thioether (sulfide) groups is 1. The second kappa shape index (κ2) is 8.72. The van der Waals surface area contributed by atoms with Gasteiger partial charge in [-0.15, -0.1) is 10.2 Å². The van der Waals surface area contributed by atoms with Crippen LogP contribution in [0, 0.1) is 0 Å². The van der Waals surface area contributed by atoms with Crippen molar-refractivity contribution >= 4 is 17.7 Å². The zero-order chi connectivity index (χ0) is 17.5. The van der Waals surface area contributed by atoms with Gasteiger partial charge in [0.25, 0.3) is 0 Å². The summed E-state index contributed by atoms with van der Waals surface area (Å²) in [6.07, 6.45) is 1.43. The Morgan fingerprint density at radius 2 is 2.28 bits per heavy atom. The summed E-state index contributed by atoms with van der Waals surface area (Å²) in [6.45, 7) is 2.03. The maximum absolute atomic E-state index is 12.0. The summed E-state index contributed by atoms with van der Waals surface area (Å²) in [5.74, 6) is 1.61. The number of para-hydroxylation sites is 2. The van der Waals surface area contributed by atoms with Crippen LogP contribution in [0.4, 0.5) is 0 Å². The molecule has 1 atom stereocenters. The summed E-state index contributed by atoms with van der Waals surface area (Å²) in [5, 5.41) is 11.4. The van der Waals surface area contributed by atoms with Gasteiger partial charge >= 0.3 is 0 Å². The van der Waals surface area contributed by atoms with Crippen LogP contribution in [0.5, 0.6) is 11.5 Å². The molecule has 2 aromatic rings. The average Bonchev–Trinajstić information content (AvgIpc) is 3.10. The predicted octanol–water partition coefficient (Wildman–Crippen LogP) is 0.973. The first-order valence-electron chi connectivity index (χ1n) is 7.91. The number of carbonyl (C=O) groups is 1. The number of hydrogen-bond acceptors (Lipinski definition) is 7. The van der Waals surface area contributed by atoms with Crippen molar-refractivity contribution in [3.63, 3.8) is 0 Å². The van der Waals surface area contributed by atoms with Crippen LogP contribution in [0.1, 0.15) is 0 Å². The third kappa shape index (κ3) is 4.86. The molecule has 0 spiro atoms. The molecule has 0 fully saturated rings. The van der Waals surface area contributed by atoms with Crippen molar-refractivity contribution in [2.45, 2.75) is 17.8 Å². The van der Waals surface area contributed by atoms with Crippen molar-refractivity contribution in [2.24, 2.45) is 0 Å². The molecule has 1 aliphatic heterocycles. The summed E-state index contributed by atoms with van der Waals surface area (Å²) in [5.41, 5.74) is 0. The lowest BCUT2D eigenvalue weighted by atomic mass is 10.2. The van der Waals surface area contributed by atoms with Crippen molar-refractivity contribution in [3.05, 3.63) is 30.6 Å². The number of amides is 1. The highest BCUT2D eigenvalue weighted by Crippen LogP contribution is 2.30. The Balaban J connectivity index is 1.41. The minimum Gasteiger partial charge on any atom is -0.486 e. The van der Waals surface area contributed by atoms with Gasteiger partial charge in [0.05, 0.1) is 18.9 Å². The molecule has 25 heavy (non-hydrogen) atoms. The molecule has 1 unspecified atom stereocenters. The first-order valence-corrected chi connectivity index (χ1v) is 8.89. The van der Waals surface area contributed by atoms with Gasteiger partial charge in [-0.2, -0.15) is 0 Å². The number of fused-ring (bicyclic) bond motifs is 1. The minimum atomic E-state index is -0.200. The largest absolute Gasteiger partial charge is 0.486 e. The van der Waals surface area contributed by atoms with Crippen LogP contribution in [0.15, 0.2) is 35.7 Å². The number of methoxy groups -OCH3 is 1. The Hall–Kier alpha value is -2.26. The number of benzene rings is 1. The van der Waals surface area contributed by atoms with E-state index >= 15 is 0 Å². The van der Waals surface area contributed by atoms with Crippen LogP contribution in [0.3, 0.4) is 0 Å². The molecule has 8 nitrogen and oxygen atoms in total. The molecule has 0 aliphatic carbocycles. The van der Waals surface area contributed by atoms with Crippen LogP contribution in [0.25, 0.3) is 0 Å². The molecule has 1 aliphatic rings. The molecule has 1 amide bonds. The van der Waals surface area contributed by atoms with Gasteiger partial charge in [-0.05, 0) is 12.1 Å². The number of hydrogen-bond donors (Lipinski definition) is 1. The second-order valence-electron chi connectivity index (χ2n) is 5.39. The zero-order valence-electron chi connectivity index (χ0n) is 13.9. The van der Waals surface area contributed by atoms with Gasteiger partial charge < -0.3 is 24.1 Å². The molecule has 3 rings (SSSR count). The third-order valence-corrected chi connectivity index (χ3v) is 4.52. The molecule has 134 valence electrons. The van der Waals surface area contributed by atoms with Crippen molar-refractivity contribution in [1.29, 1.82) is 0 Å². The lowest BCUT2D eigenvalue weighted by Crippen LogP contribution is -2.41. The lowest BCUT2D eigenvalue weighted by molar-refractivity contribution is -0.119. The van der Waals surface area contributed by atoms with Crippen LogP contribution in [0.2, 0.25) is 0 Å². The van der Waals surface area contributed by atoms with Crippen molar-refractivity contribution in [3.8, 4) is 11.5 Å². The molecule has 0 saturated carbocycles. The molecule has 1 aromatic heterocycles. The Labute approximate surface area is 149 Å². The number of nitrogens with zero attached hydrogens (tertiary/aromatic N) is 3. The van der Waals surface area contributed by atoms with Crippen molar-refractivity contribution in [1.82, 2.24) is 20.1 Å². The van der Waals surface area contributed by atoms with Crippen LogP contribution < -0.4 is 14.8 Å². The summed E-state index contributed by atoms with van der Waals surface area (Å²) >= 11 is 1.34.